The van der Waals surface area contributed by atoms with Crippen molar-refractivity contribution < 1.29 is 33.3 Å². The van der Waals surface area contributed by atoms with Crippen LogP contribution in [0, 0.1) is 11.8 Å². The van der Waals surface area contributed by atoms with Crippen molar-refractivity contribution >= 4 is 18.0 Å². The first-order valence-electron chi connectivity index (χ1n) is 7.82. The highest BCUT2D eigenvalue weighted by atomic mass is 16.6. The summed E-state index contributed by atoms with van der Waals surface area (Å²) in [6.07, 6.45) is 0.404. The van der Waals surface area contributed by atoms with Gasteiger partial charge in [-0.3, -0.25) is 4.79 Å². The second-order valence-corrected chi connectivity index (χ2v) is 5.25. The quantitative estimate of drug-likeness (QED) is 0.246. The normalized spacial score (nSPS) is 11.5. The van der Waals surface area contributed by atoms with Crippen LogP contribution >= 0.6 is 0 Å². The topological polar surface area (TPSA) is 100 Å². The monoisotopic (exact) mass is 345 g/mol. The zero-order valence-electron chi connectivity index (χ0n) is 14.5. The van der Waals surface area contributed by atoms with Gasteiger partial charge in [-0.1, -0.05) is 27.4 Å². The highest BCUT2D eigenvalue weighted by Crippen LogP contribution is 2.10. The second kappa shape index (κ2) is 13.4. The fourth-order valence-electron chi connectivity index (χ4n) is 1.31. The van der Waals surface area contributed by atoms with E-state index in [0.717, 1.165) is 6.08 Å². The number of carbonyl (C=O) groups excluding carboxylic acids is 3. The molecule has 0 saturated carbocycles. The lowest BCUT2D eigenvalue weighted by Crippen LogP contribution is -2.29. The van der Waals surface area contributed by atoms with E-state index in [9.17, 15) is 14.4 Å². The molecule has 0 spiro atoms. The minimum Gasteiger partial charge on any atom is -0.463 e. The molecule has 1 N–H and O–H groups in total. The van der Waals surface area contributed by atoms with E-state index in [1.807, 2.05) is 20.8 Å². The van der Waals surface area contributed by atoms with Crippen molar-refractivity contribution in [3.63, 3.8) is 0 Å². The van der Waals surface area contributed by atoms with E-state index in [1.165, 1.54) is 0 Å². The molecule has 1 atom stereocenters. The summed E-state index contributed by atoms with van der Waals surface area (Å²) in [6, 6.07) is 0. The van der Waals surface area contributed by atoms with Gasteiger partial charge in [0.25, 0.3) is 0 Å². The van der Waals surface area contributed by atoms with E-state index in [1.54, 1.807) is 0 Å². The van der Waals surface area contributed by atoms with Crippen LogP contribution in [0.4, 0.5) is 4.79 Å². The molecule has 0 aromatic carbocycles. The van der Waals surface area contributed by atoms with Crippen molar-refractivity contribution in [2.24, 2.45) is 11.8 Å². The van der Waals surface area contributed by atoms with Crippen LogP contribution in [0.15, 0.2) is 12.7 Å². The Labute approximate surface area is 142 Å². The maximum absolute atomic E-state index is 11.6. The third kappa shape index (κ3) is 11.5. The maximum atomic E-state index is 11.6. The Morgan fingerprint density at radius 1 is 0.958 bits per heavy atom. The Balaban J connectivity index is 3.46. The average Bonchev–Trinajstić information content (AvgIpc) is 2.56. The number of esters is 2. The SMILES string of the molecule is C=CC(=O)OCCNC(=O)OCCOCCOC(=O)C(C)C(C)C. The molecular weight excluding hydrogens is 318 g/mol. The molecule has 0 rings (SSSR count). The summed E-state index contributed by atoms with van der Waals surface area (Å²) in [4.78, 5) is 33.5. The summed E-state index contributed by atoms with van der Waals surface area (Å²) >= 11 is 0. The van der Waals surface area contributed by atoms with Gasteiger partial charge in [0.2, 0.25) is 0 Å². The Bertz CT molecular complexity index is 409. The maximum Gasteiger partial charge on any atom is 0.407 e. The van der Waals surface area contributed by atoms with Crippen molar-refractivity contribution in [3.05, 3.63) is 12.7 Å². The zero-order chi connectivity index (χ0) is 18.4. The number of carbonyl (C=O) groups is 3. The molecule has 8 nitrogen and oxygen atoms in total. The summed E-state index contributed by atoms with van der Waals surface area (Å²) in [5.41, 5.74) is 0. The fourth-order valence-corrected chi connectivity index (χ4v) is 1.31. The summed E-state index contributed by atoms with van der Waals surface area (Å²) in [6.45, 7) is 9.80. The van der Waals surface area contributed by atoms with E-state index in [-0.39, 0.29) is 57.4 Å². The smallest absolute Gasteiger partial charge is 0.407 e. The van der Waals surface area contributed by atoms with Crippen molar-refractivity contribution in [2.75, 3.05) is 39.6 Å². The summed E-state index contributed by atoms with van der Waals surface area (Å²) in [5.74, 6) is -0.725. The lowest BCUT2D eigenvalue weighted by Gasteiger charge is -2.14. The van der Waals surface area contributed by atoms with Gasteiger partial charge < -0.3 is 24.3 Å². The number of hydrogen-bond acceptors (Lipinski definition) is 7. The van der Waals surface area contributed by atoms with Crippen LogP contribution in [0.3, 0.4) is 0 Å². The highest BCUT2D eigenvalue weighted by molar-refractivity contribution is 5.81. The van der Waals surface area contributed by atoms with Crippen LogP contribution in [-0.2, 0) is 28.5 Å². The molecule has 1 amide bonds. The van der Waals surface area contributed by atoms with Gasteiger partial charge in [-0.15, -0.1) is 0 Å². The minimum atomic E-state index is -0.634. The molecule has 0 heterocycles. The van der Waals surface area contributed by atoms with Crippen LogP contribution in [0.2, 0.25) is 0 Å². The molecule has 0 aliphatic carbocycles. The van der Waals surface area contributed by atoms with Crippen LogP contribution in [0.25, 0.3) is 0 Å². The Kier molecular flexibility index (Phi) is 12.2. The second-order valence-electron chi connectivity index (χ2n) is 5.25. The van der Waals surface area contributed by atoms with Gasteiger partial charge in [0.05, 0.1) is 25.7 Å². The summed E-state index contributed by atoms with van der Waals surface area (Å²) < 4.78 is 19.7. The van der Waals surface area contributed by atoms with Gasteiger partial charge in [0, 0.05) is 6.08 Å². The minimum absolute atomic E-state index is 0.0383. The van der Waals surface area contributed by atoms with E-state index in [2.05, 4.69) is 16.6 Å². The Hall–Kier alpha value is -2.09. The predicted molar refractivity (Wildman–Crippen MR) is 86.3 cm³/mol. The number of ether oxygens (including phenoxy) is 4. The molecule has 0 aliphatic rings. The van der Waals surface area contributed by atoms with Gasteiger partial charge in [-0.05, 0) is 5.92 Å². The molecule has 0 aromatic heterocycles. The van der Waals surface area contributed by atoms with E-state index >= 15 is 0 Å². The van der Waals surface area contributed by atoms with Crippen molar-refractivity contribution in [3.8, 4) is 0 Å². The summed E-state index contributed by atoms with van der Waals surface area (Å²) in [7, 11) is 0. The van der Waals surface area contributed by atoms with Crippen molar-refractivity contribution in [2.45, 2.75) is 20.8 Å². The molecule has 138 valence electrons. The standard InChI is InChI=1S/C16H27NO7/c1-5-14(18)22-7-6-17-16(20)24-11-9-21-8-10-23-15(19)13(4)12(2)3/h5,12-13H,1,6-11H2,2-4H3,(H,17,20). The van der Waals surface area contributed by atoms with Crippen LogP contribution in [0.1, 0.15) is 20.8 Å². The predicted octanol–water partition coefficient (Wildman–Crippen LogP) is 1.29. The molecule has 0 aromatic rings. The van der Waals surface area contributed by atoms with Gasteiger partial charge in [-0.2, -0.15) is 0 Å². The Morgan fingerprint density at radius 3 is 2.17 bits per heavy atom. The molecule has 1 unspecified atom stereocenters. The molecule has 24 heavy (non-hydrogen) atoms. The van der Waals surface area contributed by atoms with Crippen molar-refractivity contribution in [1.29, 1.82) is 0 Å². The molecule has 8 heteroatoms. The first-order chi connectivity index (χ1) is 11.4. The van der Waals surface area contributed by atoms with Gasteiger partial charge in [0.15, 0.2) is 0 Å². The molecule has 0 bridgehead atoms. The summed E-state index contributed by atoms with van der Waals surface area (Å²) in [5, 5.41) is 2.40. The zero-order valence-corrected chi connectivity index (χ0v) is 14.5. The van der Waals surface area contributed by atoms with Crippen LogP contribution < -0.4 is 5.32 Å². The largest absolute Gasteiger partial charge is 0.463 e. The third-order valence-corrected chi connectivity index (χ3v) is 3.09. The molecule has 0 fully saturated rings. The lowest BCUT2D eigenvalue weighted by molar-refractivity contribution is -0.151. The van der Waals surface area contributed by atoms with Crippen molar-refractivity contribution in [1.82, 2.24) is 5.32 Å². The number of nitrogens with one attached hydrogen (secondary N) is 1. The molecule has 0 saturated heterocycles. The lowest BCUT2D eigenvalue weighted by atomic mass is 9.99. The highest BCUT2D eigenvalue weighted by Gasteiger charge is 2.17. The fraction of sp³-hybridized carbons (Fsp3) is 0.688. The van der Waals surface area contributed by atoms with E-state index < -0.39 is 12.1 Å². The number of hydrogen-bond donors (Lipinski definition) is 1. The first kappa shape index (κ1) is 21.9. The average molecular weight is 345 g/mol. The van der Waals surface area contributed by atoms with E-state index in [0.29, 0.717) is 0 Å². The van der Waals surface area contributed by atoms with Crippen LogP contribution in [-0.4, -0.2) is 57.6 Å². The molecule has 0 aliphatic heterocycles. The molecule has 0 radical (unpaired) electrons. The number of alkyl carbamates (subject to hydrolysis) is 1. The number of amides is 1. The molecular formula is C16H27NO7. The van der Waals surface area contributed by atoms with Crippen LogP contribution in [0.5, 0.6) is 0 Å². The Morgan fingerprint density at radius 2 is 1.58 bits per heavy atom. The van der Waals surface area contributed by atoms with Gasteiger partial charge >= 0.3 is 18.0 Å². The first-order valence-corrected chi connectivity index (χ1v) is 7.82. The van der Waals surface area contributed by atoms with E-state index in [4.69, 9.17) is 14.2 Å². The van der Waals surface area contributed by atoms with Gasteiger partial charge in [-0.25, -0.2) is 9.59 Å². The number of rotatable bonds is 12. The third-order valence-electron chi connectivity index (χ3n) is 3.09. The van der Waals surface area contributed by atoms with Gasteiger partial charge in [0.1, 0.15) is 19.8 Å².